The van der Waals surface area contributed by atoms with Crippen LogP contribution in [0.3, 0.4) is 0 Å². The first-order valence-electron chi connectivity index (χ1n) is 5.57. The molecule has 0 radical (unpaired) electrons. The Labute approximate surface area is 103 Å². The third-order valence-corrected chi connectivity index (χ3v) is 2.61. The van der Waals surface area contributed by atoms with Gasteiger partial charge in [-0.05, 0) is 18.9 Å². The molecule has 1 atom stereocenters. The molecule has 1 unspecified atom stereocenters. The molecule has 0 aromatic carbocycles. The monoisotopic (exact) mass is 254 g/mol. The molecule has 2 rings (SSSR count). The van der Waals surface area contributed by atoms with Gasteiger partial charge in [-0.15, -0.1) is 0 Å². The van der Waals surface area contributed by atoms with Crippen LogP contribution in [0.5, 0.6) is 5.88 Å². The lowest BCUT2D eigenvalue weighted by Gasteiger charge is -2.11. The molecule has 1 aliphatic rings. The summed E-state index contributed by atoms with van der Waals surface area (Å²) in [5.74, 6) is 5.46. The van der Waals surface area contributed by atoms with E-state index < -0.39 is 4.92 Å². The Morgan fingerprint density at radius 1 is 1.67 bits per heavy atom. The Hall–Kier alpha value is -1.93. The first kappa shape index (κ1) is 12.5. The molecule has 0 bridgehead atoms. The van der Waals surface area contributed by atoms with E-state index in [1.807, 2.05) is 0 Å². The van der Waals surface area contributed by atoms with Gasteiger partial charge in [0.25, 0.3) is 5.88 Å². The van der Waals surface area contributed by atoms with Gasteiger partial charge < -0.3 is 14.9 Å². The number of nitrogens with two attached hydrogens (primary N) is 1. The minimum atomic E-state index is -0.544. The SMILES string of the molecule is NNc1ccc([N+](=O)[O-])c(OCC2CCCO2)n1. The number of nitrogen functional groups attached to an aromatic ring is 1. The Morgan fingerprint density at radius 2 is 2.50 bits per heavy atom. The maximum atomic E-state index is 10.8. The quantitative estimate of drug-likeness (QED) is 0.454. The molecule has 1 aliphatic heterocycles. The topological polar surface area (TPSA) is 113 Å². The standard InChI is InChI=1S/C10H14N4O4/c11-13-9-4-3-8(14(15)16)10(12-9)18-6-7-2-1-5-17-7/h3-4,7H,1-2,5-6,11H2,(H,12,13). The molecule has 98 valence electrons. The highest BCUT2D eigenvalue weighted by atomic mass is 16.6. The fraction of sp³-hybridized carbons (Fsp3) is 0.500. The van der Waals surface area contributed by atoms with Crippen LogP contribution in [0.2, 0.25) is 0 Å². The zero-order valence-electron chi connectivity index (χ0n) is 9.67. The van der Waals surface area contributed by atoms with Crippen molar-refractivity contribution in [1.82, 2.24) is 4.98 Å². The molecule has 0 amide bonds. The highest BCUT2D eigenvalue weighted by Crippen LogP contribution is 2.26. The van der Waals surface area contributed by atoms with Crippen molar-refractivity contribution in [2.24, 2.45) is 5.84 Å². The minimum Gasteiger partial charge on any atom is -0.470 e. The second-order valence-corrected chi connectivity index (χ2v) is 3.87. The van der Waals surface area contributed by atoms with Crippen LogP contribution in [0, 0.1) is 10.1 Å². The van der Waals surface area contributed by atoms with Gasteiger partial charge >= 0.3 is 5.69 Å². The van der Waals surface area contributed by atoms with Crippen molar-refractivity contribution in [2.45, 2.75) is 18.9 Å². The van der Waals surface area contributed by atoms with Crippen LogP contribution in [0.4, 0.5) is 11.5 Å². The second kappa shape index (κ2) is 5.61. The zero-order valence-corrected chi connectivity index (χ0v) is 9.67. The summed E-state index contributed by atoms with van der Waals surface area (Å²) in [6, 6.07) is 2.71. The van der Waals surface area contributed by atoms with Crippen molar-refractivity contribution in [2.75, 3.05) is 18.6 Å². The highest BCUT2D eigenvalue weighted by molar-refractivity contribution is 5.48. The average Bonchev–Trinajstić information content (AvgIpc) is 2.88. The third-order valence-electron chi connectivity index (χ3n) is 2.61. The number of nitrogens with one attached hydrogen (secondary N) is 1. The summed E-state index contributed by atoms with van der Waals surface area (Å²) < 4.78 is 10.7. The summed E-state index contributed by atoms with van der Waals surface area (Å²) in [5.41, 5.74) is 2.13. The van der Waals surface area contributed by atoms with E-state index in [0.29, 0.717) is 12.4 Å². The fourth-order valence-electron chi connectivity index (χ4n) is 1.71. The molecular formula is C10H14N4O4. The van der Waals surface area contributed by atoms with E-state index in [-0.39, 0.29) is 24.3 Å². The molecule has 18 heavy (non-hydrogen) atoms. The van der Waals surface area contributed by atoms with Crippen LogP contribution in [0.25, 0.3) is 0 Å². The van der Waals surface area contributed by atoms with Crippen molar-refractivity contribution < 1.29 is 14.4 Å². The lowest BCUT2D eigenvalue weighted by atomic mass is 10.2. The molecule has 0 aliphatic carbocycles. The van der Waals surface area contributed by atoms with Crippen molar-refractivity contribution in [1.29, 1.82) is 0 Å². The molecule has 8 heteroatoms. The number of pyridine rings is 1. The molecule has 1 fully saturated rings. The summed E-state index contributed by atoms with van der Waals surface area (Å²) in [6.07, 6.45) is 1.84. The average molecular weight is 254 g/mol. The van der Waals surface area contributed by atoms with E-state index in [9.17, 15) is 10.1 Å². The number of rotatable bonds is 5. The molecule has 8 nitrogen and oxygen atoms in total. The highest BCUT2D eigenvalue weighted by Gasteiger charge is 2.21. The number of hydrogen-bond acceptors (Lipinski definition) is 7. The number of ether oxygens (including phenoxy) is 2. The number of hydrogen-bond donors (Lipinski definition) is 2. The van der Waals surface area contributed by atoms with Gasteiger partial charge in [-0.25, -0.2) is 5.84 Å². The van der Waals surface area contributed by atoms with Crippen LogP contribution in [-0.4, -0.2) is 29.2 Å². The normalized spacial score (nSPS) is 18.6. The van der Waals surface area contributed by atoms with Crippen LogP contribution in [-0.2, 0) is 4.74 Å². The van der Waals surface area contributed by atoms with Crippen molar-refractivity contribution in [3.05, 3.63) is 22.2 Å². The van der Waals surface area contributed by atoms with Gasteiger partial charge in [0, 0.05) is 12.7 Å². The predicted molar refractivity (Wildman–Crippen MR) is 63.2 cm³/mol. The second-order valence-electron chi connectivity index (χ2n) is 3.87. The van der Waals surface area contributed by atoms with Crippen molar-refractivity contribution in [3.8, 4) is 5.88 Å². The van der Waals surface area contributed by atoms with Gasteiger partial charge in [-0.3, -0.25) is 10.1 Å². The van der Waals surface area contributed by atoms with Gasteiger partial charge in [-0.2, -0.15) is 4.98 Å². The van der Waals surface area contributed by atoms with E-state index in [2.05, 4.69) is 10.4 Å². The van der Waals surface area contributed by atoms with E-state index in [4.69, 9.17) is 15.3 Å². The first-order chi connectivity index (χ1) is 8.70. The van der Waals surface area contributed by atoms with Crippen molar-refractivity contribution in [3.63, 3.8) is 0 Å². The molecule has 3 N–H and O–H groups in total. The zero-order chi connectivity index (χ0) is 13.0. The lowest BCUT2D eigenvalue weighted by Crippen LogP contribution is -2.18. The summed E-state index contributed by atoms with van der Waals surface area (Å²) in [4.78, 5) is 14.2. The van der Waals surface area contributed by atoms with E-state index in [1.54, 1.807) is 0 Å². The number of anilines is 1. The van der Waals surface area contributed by atoms with Gasteiger partial charge in [0.2, 0.25) is 0 Å². The van der Waals surface area contributed by atoms with Gasteiger partial charge in [0.15, 0.2) is 0 Å². The largest absolute Gasteiger partial charge is 0.470 e. The van der Waals surface area contributed by atoms with E-state index in [0.717, 1.165) is 12.8 Å². The first-order valence-corrected chi connectivity index (χ1v) is 5.57. The number of hydrazine groups is 1. The predicted octanol–water partition coefficient (Wildman–Crippen LogP) is 0.833. The Balaban J connectivity index is 2.10. The van der Waals surface area contributed by atoms with Gasteiger partial charge in [-0.1, -0.05) is 0 Å². The maximum Gasteiger partial charge on any atom is 0.331 e. The summed E-state index contributed by atoms with van der Waals surface area (Å²) in [5, 5.41) is 10.8. The molecule has 1 saturated heterocycles. The fourth-order valence-corrected chi connectivity index (χ4v) is 1.71. The summed E-state index contributed by atoms with van der Waals surface area (Å²) in [7, 11) is 0. The number of nitrogens with zero attached hydrogens (tertiary/aromatic N) is 2. The van der Waals surface area contributed by atoms with Gasteiger partial charge in [0.05, 0.1) is 11.0 Å². The Morgan fingerprint density at radius 3 is 3.11 bits per heavy atom. The maximum absolute atomic E-state index is 10.8. The van der Waals surface area contributed by atoms with Crippen LogP contribution in [0.15, 0.2) is 12.1 Å². The summed E-state index contributed by atoms with van der Waals surface area (Å²) in [6.45, 7) is 0.954. The number of aromatic nitrogens is 1. The molecule has 2 heterocycles. The smallest absolute Gasteiger partial charge is 0.331 e. The van der Waals surface area contributed by atoms with Crippen LogP contribution >= 0.6 is 0 Å². The van der Waals surface area contributed by atoms with Crippen LogP contribution in [0.1, 0.15) is 12.8 Å². The Kier molecular flexibility index (Phi) is 3.90. The lowest BCUT2D eigenvalue weighted by molar-refractivity contribution is -0.386. The van der Waals surface area contributed by atoms with E-state index >= 15 is 0 Å². The van der Waals surface area contributed by atoms with Gasteiger partial charge in [0.1, 0.15) is 12.4 Å². The number of nitro groups is 1. The molecular weight excluding hydrogens is 240 g/mol. The molecule has 1 aromatic rings. The van der Waals surface area contributed by atoms with E-state index in [1.165, 1.54) is 12.1 Å². The Bertz CT molecular complexity index is 434. The summed E-state index contributed by atoms with van der Waals surface area (Å²) >= 11 is 0. The third kappa shape index (κ3) is 2.84. The molecule has 0 saturated carbocycles. The van der Waals surface area contributed by atoms with Crippen molar-refractivity contribution >= 4 is 11.5 Å². The van der Waals surface area contributed by atoms with Crippen LogP contribution < -0.4 is 16.0 Å². The minimum absolute atomic E-state index is 0.0269. The molecule has 1 aromatic heterocycles. The molecule has 0 spiro atoms.